The summed E-state index contributed by atoms with van der Waals surface area (Å²) in [7, 11) is 0. The molecule has 0 spiro atoms. The lowest BCUT2D eigenvalue weighted by Crippen LogP contribution is -2.21. The van der Waals surface area contributed by atoms with Crippen molar-refractivity contribution in [1.82, 2.24) is 9.97 Å². The van der Waals surface area contributed by atoms with E-state index >= 15 is 0 Å². The molecule has 0 unspecified atom stereocenters. The van der Waals surface area contributed by atoms with Crippen molar-refractivity contribution in [3.63, 3.8) is 0 Å². The number of Topliss-reactive ketones (excluding diaryl/α,β-unsaturated/α-hetero) is 1. The van der Waals surface area contributed by atoms with Crippen LogP contribution in [0.5, 0.6) is 0 Å². The van der Waals surface area contributed by atoms with E-state index < -0.39 is 0 Å². The third kappa shape index (κ3) is 4.36. The number of nitrogens with one attached hydrogen (secondary N) is 2. The average molecular weight is 357 g/mol. The van der Waals surface area contributed by atoms with Crippen LogP contribution in [0.1, 0.15) is 41.4 Å². The summed E-state index contributed by atoms with van der Waals surface area (Å²) in [6.45, 7) is 1.43. The first-order valence-corrected chi connectivity index (χ1v) is 9.17. The van der Waals surface area contributed by atoms with Crippen LogP contribution in [-0.4, -0.2) is 27.4 Å². The molecule has 0 aliphatic heterocycles. The van der Waals surface area contributed by atoms with Crippen molar-refractivity contribution in [3.05, 3.63) is 51.4 Å². The van der Waals surface area contributed by atoms with Crippen LogP contribution in [0.25, 0.3) is 0 Å². The summed E-state index contributed by atoms with van der Waals surface area (Å²) in [5, 5.41) is 3.15. The molecule has 1 aromatic carbocycles. The van der Waals surface area contributed by atoms with E-state index in [1.54, 1.807) is 24.3 Å². The highest BCUT2D eigenvalue weighted by Gasteiger charge is 2.16. The highest BCUT2D eigenvalue weighted by Crippen LogP contribution is 2.20. The summed E-state index contributed by atoms with van der Waals surface area (Å²) in [5.41, 5.74) is 2.78. The van der Waals surface area contributed by atoms with Gasteiger partial charge in [-0.05, 0) is 49.9 Å². The lowest BCUT2D eigenvalue weighted by atomic mass is 9.97. The van der Waals surface area contributed by atoms with Crippen molar-refractivity contribution in [2.24, 2.45) is 0 Å². The summed E-state index contributed by atoms with van der Waals surface area (Å²) < 4.78 is 0. The Bertz CT molecular complexity index is 859. The number of hydrogen-bond donors (Lipinski definition) is 2. The van der Waals surface area contributed by atoms with E-state index in [1.165, 1.54) is 18.7 Å². The number of carbonyl (C=O) groups is 2. The molecule has 1 aliphatic carbocycles. The molecule has 0 radical (unpaired) electrons. The van der Waals surface area contributed by atoms with Crippen molar-refractivity contribution in [1.29, 1.82) is 0 Å². The van der Waals surface area contributed by atoms with Crippen molar-refractivity contribution >= 4 is 29.1 Å². The largest absolute Gasteiger partial charge is 0.326 e. The first-order valence-electron chi connectivity index (χ1n) is 8.18. The molecule has 1 heterocycles. The number of hydrogen-bond acceptors (Lipinski definition) is 5. The van der Waals surface area contributed by atoms with Crippen molar-refractivity contribution in [2.75, 3.05) is 11.1 Å². The molecular formula is C18H19N3O3S. The zero-order valence-corrected chi connectivity index (χ0v) is 14.7. The number of benzene rings is 1. The quantitative estimate of drug-likeness (QED) is 0.487. The first kappa shape index (κ1) is 17.4. The second kappa shape index (κ2) is 7.65. The van der Waals surface area contributed by atoms with Crippen LogP contribution in [0.2, 0.25) is 0 Å². The Morgan fingerprint density at radius 1 is 1.20 bits per heavy atom. The van der Waals surface area contributed by atoms with E-state index in [4.69, 9.17) is 0 Å². The van der Waals surface area contributed by atoms with Crippen LogP contribution in [-0.2, 0) is 17.6 Å². The lowest BCUT2D eigenvalue weighted by Gasteiger charge is -2.14. The summed E-state index contributed by atoms with van der Waals surface area (Å²) >= 11 is 1.24. The molecule has 3 rings (SSSR count). The lowest BCUT2D eigenvalue weighted by molar-refractivity contribution is -0.114. The third-order valence-electron chi connectivity index (χ3n) is 4.04. The van der Waals surface area contributed by atoms with Gasteiger partial charge < -0.3 is 10.3 Å². The monoisotopic (exact) mass is 357 g/mol. The topological polar surface area (TPSA) is 91.9 Å². The van der Waals surface area contributed by atoms with Gasteiger partial charge in [-0.15, -0.1) is 0 Å². The summed E-state index contributed by atoms with van der Waals surface area (Å²) in [6.07, 6.45) is 3.68. The summed E-state index contributed by atoms with van der Waals surface area (Å²) in [6, 6.07) is 6.74. The second-order valence-corrected chi connectivity index (χ2v) is 6.94. The number of aromatic amines is 1. The maximum absolute atomic E-state index is 12.3. The molecule has 1 amide bonds. The SMILES string of the molecule is CC(=O)Nc1ccc(C(=O)CSc2nc3c(c(=O)[nH]2)CCCC3)cc1. The second-order valence-electron chi connectivity index (χ2n) is 5.97. The molecule has 0 saturated carbocycles. The van der Waals surface area contributed by atoms with Crippen LogP contribution in [0.15, 0.2) is 34.2 Å². The van der Waals surface area contributed by atoms with Gasteiger partial charge in [0.25, 0.3) is 5.56 Å². The van der Waals surface area contributed by atoms with Gasteiger partial charge in [-0.3, -0.25) is 14.4 Å². The van der Waals surface area contributed by atoms with Gasteiger partial charge in [-0.1, -0.05) is 11.8 Å². The number of carbonyl (C=O) groups excluding carboxylic acids is 2. The zero-order chi connectivity index (χ0) is 17.8. The van der Waals surface area contributed by atoms with Gasteiger partial charge in [0.15, 0.2) is 10.9 Å². The Morgan fingerprint density at radius 2 is 1.92 bits per heavy atom. The number of nitrogens with zero attached hydrogens (tertiary/aromatic N) is 1. The molecule has 2 N–H and O–H groups in total. The fraction of sp³-hybridized carbons (Fsp3) is 0.333. The van der Waals surface area contributed by atoms with E-state index in [-0.39, 0.29) is 23.0 Å². The van der Waals surface area contributed by atoms with Crippen LogP contribution in [0.4, 0.5) is 5.69 Å². The minimum atomic E-state index is -0.155. The number of H-pyrrole nitrogens is 1. The van der Waals surface area contributed by atoms with Crippen molar-refractivity contribution in [3.8, 4) is 0 Å². The van der Waals surface area contributed by atoms with Gasteiger partial charge >= 0.3 is 0 Å². The number of ketones is 1. The summed E-state index contributed by atoms with van der Waals surface area (Å²) in [5.74, 6) is -0.0156. The molecule has 130 valence electrons. The van der Waals surface area contributed by atoms with Crippen LogP contribution >= 0.6 is 11.8 Å². The molecule has 1 aliphatic rings. The van der Waals surface area contributed by atoms with Gasteiger partial charge in [0, 0.05) is 23.7 Å². The minimum absolute atomic E-state index is 0.0558. The van der Waals surface area contributed by atoms with Gasteiger partial charge in [0.05, 0.1) is 11.4 Å². The van der Waals surface area contributed by atoms with Crippen LogP contribution in [0, 0.1) is 0 Å². The highest BCUT2D eigenvalue weighted by molar-refractivity contribution is 7.99. The third-order valence-corrected chi connectivity index (χ3v) is 4.91. The van der Waals surface area contributed by atoms with Crippen LogP contribution < -0.4 is 10.9 Å². The minimum Gasteiger partial charge on any atom is -0.326 e. The van der Waals surface area contributed by atoms with Gasteiger partial charge in [-0.25, -0.2) is 4.98 Å². The molecule has 0 atom stereocenters. The number of aryl methyl sites for hydroxylation is 1. The maximum atomic E-state index is 12.3. The molecule has 0 saturated heterocycles. The number of anilines is 1. The molecule has 6 nitrogen and oxygen atoms in total. The molecule has 0 bridgehead atoms. The fourth-order valence-electron chi connectivity index (χ4n) is 2.81. The van der Waals surface area contributed by atoms with Crippen molar-refractivity contribution < 1.29 is 9.59 Å². The van der Waals surface area contributed by atoms with E-state index in [0.717, 1.165) is 36.9 Å². The molecule has 25 heavy (non-hydrogen) atoms. The Kier molecular flexibility index (Phi) is 5.33. The predicted octanol–water partition coefficient (Wildman–Crippen LogP) is 2.58. The number of rotatable bonds is 5. The smallest absolute Gasteiger partial charge is 0.254 e. The Hall–Kier alpha value is -2.41. The highest BCUT2D eigenvalue weighted by atomic mass is 32.2. The van der Waals surface area contributed by atoms with Crippen molar-refractivity contribution in [2.45, 2.75) is 37.8 Å². The Morgan fingerprint density at radius 3 is 2.64 bits per heavy atom. The van der Waals surface area contributed by atoms with E-state index in [9.17, 15) is 14.4 Å². The number of aromatic nitrogens is 2. The van der Waals surface area contributed by atoms with E-state index in [1.807, 2.05) is 0 Å². The number of amides is 1. The Balaban J connectivity index is 1.65. The molecule has 0 fully saturated rings. The maximum Gasteiger partial charge on any atom is 0.254 e. The molecule has 7 heteroatoms. The van der Waals surface area contributed by atoms with Crippen LogP contribution in [0.3, 0.4) is 0 Å². The van der Waals surface area contributed by atoms with E-state index in [2.05, 4.69) is 15.3 Å². The molecule has 2 aromatic rings. The molecular weight excluding hydrogens is 338 g/mol. The average Bonchev–Trinajstić information content (AvgIpc) is 2.60. The molecule has 1 aromatic heterocycles. The first-order chi connectivity index (χ1) is 12.0. The zero-order valence-electron chi connectivity index (χ0n) is 13.9. The van der Waals surface area contributed by atoms with Gasteiger partial charge in [0.2, 0.25) is 5.91 Å². The standard InChI is InChI=1S/C18H19N3O3S/c1-11(22)19-13-8-6-12(7-9-13)16(23)10-25-18-20-15-5-3-2-4-14(15)17(24)21-18/h6-9H,2-5,10H2,1H3,(H,19,22)(H,20,21,24). The predicted molar refractivity (Wildman–Crippen MR) is 97.3 cm³/mol. The normalized spacial score (nSPS) is 13.2. The fourth-order valence-corrected chi connectivity index (χ4v) is 3.58. The Labute approximate surface area is 149 Å². The number of thioether (sulfide) groups is 1. The van der Waals surface area contributed by atoms with Gasteiger partial charge in [-0.2, -0.15) is 0 Å². The summed E-state index contributed by atoms with van der Waals surface area (Å²) in [4.78, 5) is 42.7. The number of fused-ring (bicyclic) bond motifs is 1. The van der Waals surface area contributed by atoms with E-state index in [0.29, 0.717) is 16.4 Å². The van der Waals surface area contributed by atoms with Gasteiger partial charge in [0.1, 0.15) is 0 Å².